The van der Waals surface area contributed by atoms with Gasteiger partial charge < -0.3 is 10.6 Å². The summed E-state index contributed by atoms with van der Waals surface area (Å²) >= 11 is 3.03. The predicted octanol–water partition coefficient (Wildman–Crippen LogP) is 8.55. The van der Waals surface area contributed by atoms with Crippen molar-refractivity contribution in [1.29, 1.82) is 0 Å². The Hall–Kier alpha value is -5.12. The van der Waals surface area contributed by atoms with Crippen molar-refractivity contribution in [3.8, 4) is 0 Å². The molecule has 5 aromatic rings. The number of carbonyl (C=O) groups excluding carboxylic acids is 3. The van der Waals surface area contributed by atoms with Crippen molar-refractivity contribution >= 4 is 64.4 Å². The average molecular weight is 646 g/mol. The number of nitrogens with zero attached hydrogens (tertiary/aromatic N) is 1. The van der Waals surface area contributed by atoms with E-state index in [9.17, 15) is 18.8 Å². The molecule has 0 bridgehead atoms. The van der Waals surface area contributed by atoms with Crippen molar-refractivity contribution < 1.29 is 18.8 Å². The summed E-state index contributed by atoms with van der Waals surface area (Å²) in [5, 5.41) is 5.10. The van der Waals surface area contributed by atoms with Gasteiger partial charge in [-0.2, -0.15) is 0 Å². The summed E-state index contributed by atoms with van der Waals surface area (Å²) in [6.45, 7) is 1.87. The lowest BCUT2D eigenvalue weighted by molar-refractivity contribution is -0.117. The fraction of sp³-hybridized carbons (Fsp3) is 0.0541. The number of rotatable bonds is 8. The molecule has 6 rings (SSSR count). The molecule has 2 N–H and O–H groups in total. The van der Waals surface area contributed by atoms with Crippen molar-refractivity contribution in [2.75, 3.05) is 10.2 Å². The Morgan fingerprint density at radius 1 is 0.783 bits per heavy atom. The minimum atomic E-state index is -0.557. The van der Waals surface area contributed by atoms with Gasteiger partial charge in [-0.15, -0.1) is 11.8 Å². The van der Waals surface area contributed by atoms with E-state index in [1.807, 2.05) is 61.5 Å². The van der Waals surface area contributed by atoms with Crippen LogP contribution < -0.4 is 15.5 Å². The molecule has 1 aliphatic heterocycles. The van der Waals surface area contributed by atoms with Crippen LogP contribution in [-0.2, 0) is 9.59 Å². The first-order valence-corrected chi connectivity index (χ1v) is 16.2. The van der Waals surface area contributed by atoms with Crippen LogP contribution in [0, 0.1) is 5.82 Å². The van der Waals surface area contributed by atoms with Gasteiger partial charge in [-0.05, 0) is 85.3 Å². The molecule has 228 valence electrons. The van der Waals surface area contributed by atoms with Crippen LogP contribution in [0.2, 0.25) is 0 Å². The maximum Gasteiger partial charge on any atom is 0.272 e. The maximum atomic E-state index is 13.9. The molecule has 0 radical (unpaired) electrons. The lowest BCUT2D eigenvalue weighted by Gasteiger charge is -2.32. The number of anilines is 3. The smallest absolute Gasteiger partial charge is 0.272 e. The zero-order chi connectivity index (χ0) is 32.0. The predicted molar refractivity (Wildman–Crippen MR) is 183 cm³/mol. The summed E-state index contributed by atoms with van der Waals surface area (Å²) in [7, 11) is 0. The number of fused-ring (bicyclic) bond motifs is 2. The van der Waals surface area contributed by atoms with E-state index in [0.29, 0.717) is 16.8 Å². The van der Waals surface area contributed by atoms with Crippen molar-refractivity contribution in [1.82, 2.24) is 5.32 Å². The molecule has 0 saturated carbocycles. The third-order valence-electron chi connectivity index (χ3n) is 7.11. The Morgan fingerprint density at radius 3 is 2.09 bits per heavy atom. The molecule has 9 heteroatoms. The molecule has 3 amide bonds. The first kappa shape index (κ1) is 30.9. The van der Waals surface area contributed by atoms with Gasteiger partial charge in [0, 0.05) is 25.9 Å². The van der Waals surface area contributed by atoms with Gasteiger partial charge in [-0.1, -0.05) is 72.4 Å². The molecule has 6 nitrogen and oxygen atoms in total. The first-order valence-electron chi connectivity index (χ1n) is 14.5. The van der Waals surface area contributed by atoms with E-state index in [1.54, 1.807) is 65.2 Å². The van der Waals surface area contributed by atoms with Gasteiger partial charge in [0.2, 0.25) is 5.91 Å². The number of nitrogens with one attached hydrogen (secondary N) is 2. The van der Waals surface area contributed by atoms with Gasteiger partial charge in [0.1, 0.15) is 11.5 Å². The topological polar surface area (TPSA) is 78.5 Å². The molecule has 5 aromatic carbocycles. The minimum Gasteiger partial charge on any atom is -0.321 e. The lowest BCUT2D eigenvalue weighted by atomic mass is 10.1. The fourth-order valence-electron chi connectivity index (χ4n) is 4.89. The Morgan fingerprint density at radius 2 is 1.41 bits per heavy atom. The number of para-hydroxylation sites is 2. The molecule has 0 spiro atoms. The molecule has 0 fully saturated rings. The Kier molecular flexibility index (Phi) is 9.33. The molecular weight excluding hydrogens is 618 g/mol. The number of thioether (sulfide) groups is 1. The molecule has 0 aromatic heterocycles. The van der Waals surface area contributed by atoms with Crippen LogP contribution in [-0.4, -0.2) is 23.0 Å². The minimum absolute atomic E-state index is 0.0117. The fourth-order valence-corrected chi connectivity index (χ4v) is 6.92. The van der Waals surface area contributed by atoms with Crippen LogP contribution >= 0.6 is 23.5 Å². The Bertz CT molecular complexity index is 1900. The van der Waals surface area contributed by atoms with Gasteiger partial charge >= 0.3 is 0 Å². The van der Waals surface area contributed by atoms with E-state index in [0.717, 1.165) is 26.1 Å². The van der Waals surface area contributed by atoms with Crippen LogP contribution in [0.4, 0.5) is 21.5 Å². The number of hydrogen-bond acceptors (Lipinski definition) is 5. The van der Waals surface area contributed by atoms with Gasteiger partial charge in [0.15, 0.2) is 0 Å². The maximum absolute atomic E-state index is 13.9. The number of halogens is 1. The van der Waals surface area contributed by atoms with E-state index in [2.05, 4.69) is 10.6 Å². The quantitative estimate of drug-likeness (QED) is 0.131. The molecule has 0 saturated heterocycles. The van der Waals surface area contributed by atoms with E-state index in [-0.39, 0.29) is 11.6 Å². The second-order valence-electron chi connectivity index (χ2n) is 10.4. The standard InChI is InChI=1S/C37H28FN3O3S2/c1-24(37(44)41-31-14-5-7-16-33(31)46-34-17-8-6-15-32(34)41)45-29-13-9-12-28(23-29)39-36(43)30(22-25-18-20-27(38)21-19-25)40-35(42)26-10-3-2-4-11-26/h2-24H,1H3,(H,39,43)(H,40,42)/b30-22-. The SMILES string of the molecule is CC(Sc1cccc(NC(=O)/C(=C/c2ccc(F)cc2)NC(=O)c2ccccc2)c1)C(=O)N1c2ccccc2Sc2ccccc21. The molecule has 1 heterocycles. The number of amides is 3. The summed E-state index contributed by atoms with van der Waals surface area (Å²) in [6, 6.07) is 37.1. The monoisotopic (exact) mass is 645 g/mol. The Labute approximate surface area is 274 Å². The summed E-state index contributed by atoms with van der Waals surface area (Å²) in [4.78, 5) is 45.0. The van der Waals surface area contributed by atoms with Gasteiger partial charge in [-0.3, -0.25) is 19.3 Å². The zero-order valence-corrected chi connectivity index (χ0v) is 26.3. The van der Waals surface area contributed by atoms with Crippen LogP contribution in [0.5, 0.6) is 0 Å². The van der Waals surface area contributed by atoms with Gasteiger partial charge in [-0.25, -0.2) is 4.39 Å². The van der Waals surface area contributed by atoms with Crippen LogP contribution in [0.3, 0.4) is 0 Å². The van der Waals surface area contributed by atoms with E-state index in [4.69, 9.17) is 0 Å². The van der Waals surface area contributed by atoms with E-state index >= 15 is 0 Å². The van der Waals surface area contributed by atoms with Crippen molar-refractivity contribution in [3.05, 3.63) is 150 Å². The van der Waals surface area contributed by atoms with Crippen LogP contribution in [0.1, 0.15) is 22.8 Å². The third-order valence-corrected chi connectivity index (χ3v) is 9.33. The Balaban J connectivity index is 1.20. The van der Waals surface area contributed by atoms with Crippen molar-refractivity contribution in [3.63, 3.8) is 0 Å². The highest BCUT2D eigenvalue weighted by molar-refractivity contribution is 8.00. The second kappa shape index (κ2) is 13.9. The van der Waals surface area contributed by atoms with Crippen molar-refractivity contribution in [2.24, 2.45) is 0 Å². The lowest BCUT2D eigenvalue weighted by Crippen LogP contribution is -2.34. The van der Waals surface area contributed by atoms with Crippen LogP contribution in [0.15, 0.2) is 148 Å². The molecule has 1 aliphatic rings. The molecule has 1 unspecified atom stereocenters. The second-order valence-corrected chi connectivity index (χ2v) is 12.9. The molecular formula is C37H28FN3O3S2. The first-order chi connectivity index (χ1) is 22.4. The van der Waals surface area contributed by atoms with Crippen molar-refractivity contribution in [2.45, 2.75) is 26.9 Å². The highest BCUT2D eigenvalue weighted by Gasteiger charge is 2.31. The van der Waals surface area contributed by atoms with Crippen LogP contribution in [0.25, 0.3) is 6.08 Å². The zero-order valence-electron chi connectivity index (χ0n) is 24.6. The average Bonchev–Trinajstić information content (AvgIpc) is 3.08. The largest absolute Gasteiger partial charge is 0.321 e. The molecule has 46 heavy (non-hydrogen) atoms. The number of carbonyl (C=O) groups is 3. The summed E-state index contributed by atoms with van der Waals surface area (Å²) < 4.78 is 13.5. The highest BCUT2D eigenvalue weighted by Crippen LogP contribution is 2.48. The number of benzene rings is 5. The number of hydrogen-bond donors (Lipinski definition) is 2. The van der Waals surface area contributed by atoms with E-state index in [1.165, 1.54) is 42.1 Å². The highest BCUT2D eigenvalue weighted by atomic mass is 32.2. The summed E-state index contributed by atoms with van der Waals surface area (Å²) in [5.74, 6) is -1.49. The molecule has 0 aliphatic carbocycles. The summed E-state index contributed by atoms with van der Waals surface area (Å²) in [5.41, 5.74) is 3.09. The van der Waals surface area contributed by atoms with Gasteiger partial charge in [0.05, 0.1) is 16.6 Å². The molecule has 1 atom stereocenters. The third kappa shape index (κ3) is 7.06. The van der Waals surface area contributed by atoms with E-state index < -0.39 is 22.9 Å². The normalized spacial score (nSPS) is 12.8. The van der Waals surface area contributed by atoms with Gasteiger partial charge in [0.25, 0.3) is 11.8 Å². The summed E-state index contributed by atoms with van der Waals surface area (Å²) in [6.07, 6.45) is 1.49.